The van der Waals surface area contributed by atoms with Gasteiger partial charge in [0.1, 0.15) is 0 Å². The van der Waals surface area contributed by atoms with Crippen molar-refractivity contribution in [3.8, 4) is 0 Å². The van der Waals surface area contributed by atoms with Gasteiger partial charge < -0.3 is 0 Å². The quantitative estimate of drug-likeness (QED) is 0.139. The molecule has 1 aliphatic rings. The SMILES string of the molecule is c1ccc(C(c2ccccc2)c2ccccc2)cc1.c1ccc(C2=C(c3ccccc3)C(c3ccccc3)C(c3ccccc3)=C2c2ccccc2)cc1. The van der Waals surface area contributed by atoms with E-state index >= 15 is 0 Å². The molecule has 0 saturated heterocycles. The number of hydrogen-bond donors (Lipinski definition) is 0. The van der Waals surface area contributed by atoms with Gasteiger partial charge in [-0.1, -0.05) is 243 Å². The van der Waals surface area contributed by atoms with Crippen molar-refractivity contribution in [3.63, 3.8) is 0 Å². The first-order valence-electron chi connectivity index (χ1n) is 18.8. The molecule has 0 amide bonds. The predicted octanol–water partition coefficient (Wildman–Crippen LogP) is 13.9. The molecule has 0 heteroatoms. The minimum atomic E-state index is 0.117. The lowest BCUT2D eigenvalue weighted by atomic mass is 9.81. The third kappa shape index (κ3) is 7.42. The monoisotopic (exact) mass is 690 g/mol. The summed E-state index contributed by atoms with van der Waals surface area (Å²) in [5.41, 5.74) is 15.7. The molecule has 0 aromatic heterocycles. The van der Waals surface area contributed by atoms with Gasteiger partial charge in [0.05, 0.1) is 0 Å². The zero-order valence-corrected chi connectivity index (χ0v) is 30.2. The predicted molar refractivity (Wildman–Crippen MR) is 229 cm³/mol. The summed E-state index contributed by atoms with van der Waals surface area (Å²) in [6, 6.07) is 86.6. The van der Waals surface area contributed by atoms with Crippen LogP contribution in [0, 0.1) is 0 Å². The van der Waals surface area contributed by atoms with Gasteiger partial charge in [-0.2, -0.15) is 0 Å². The molecular weight excluding hydrogens is 649 g/mol. The molecule has 0 spiro atoms. The van der Waals surface area contributed by atoms with Crippen molar-refractivity contribution < 1.29 is 0 Å². The van der Waals surface area contributed by atoms with Gasteiger partial charge in [0.15, 0.2) is 0 Å². The Labute approximate surface area is 320 Å². The van der Waals surface area contributed by atoms with E-state index in [2.05, 4.69) is 243 Å². The first-order chi connectivity index (χ1) is 26.9. The van der Waals surface area contributed by atoms with Crippen LogP contribution in [0.3, 0.4) is 0 Å². The fraction of sp³-hybridized carbons (Fsp3) is 0.0370. The second-order valence-corrected chi connectivity index (χ2v) is 13.6. The van der Waals surface area contributed by atoms with Crippen LogP contribution < -0.4 is 0 Å². The smallest absolute Gasteiger partial charge is 0.0364 e. The molecule has 0 fully saturated rings. The highest BCUT2D eigenvalue weighted by molar-refractivity contribution is 6.29. The van der Waals surface area contributed by atoms with E-state index in [0.29, 0.717) is 5.92 Å². The number of rotatable bonds is 8. The van der Waals surface area contributed by atoms with Crippen molar-refractivity contribution in [2.45, 2.75) is 11.8 Å². The third-order valence-electron chi connectivity index (χ3n) is 10.2. The third-order valence-corrected chi connectivity index (χ3v) is 10.2. The Morgan fingerprint density at radius 2 is 0.481 bits per heavy atom. The fourth-order valence-electron chi connectivity index (χ4n) is 7.86. The van der Waals surface area contributed by atoms with Crippen LogP contribution in [0.4, 0.5) is 0 Å². The average molecular weight is 691 g/mol. The molecule has 0 bridgehead atoms. The summed E-state index contributed by atoms with van der Waals surface area (Å²) in [6.07, 6.45) is 0. The van der Waals surface area contributed by atoms with Crippen LogP contribution in [0.2, 0.25) is 0 Å². The van der Waals surface area contributed by atoms with Gasteiger partial charge in [-0.15, -0.1) is 0 Å². The molecule has 0 heterocycles. The Balaban J connectivity index is 0.000000183. The van der Waals surface area contributed by atoms with Crippen LogP contribution in [0.1, 0.15) is 56.3 Å². The lowest BCUT2D eigenvalue weighted by molar-refractivity contribution is 0.977. The number of hydrogen-bond acceptors (Lipinski definition) is 0. The van der Waals surface area contributed by atoms with Crippen LogP contribution >= 0.6 is 0 Å². The molecule has 258 valence electrons. The Morgan fingerprint density at radius 3 is 0.778 bits per heavy atom. The molecule has 1 aliphatic carbocycles. The van der Waals surface area contributed by atoms with E-state index in [-0.39, 0.29) is 5.92 Å². The van der Waals surface area contributed by atoms with Gasteiger partial charge in [-0.05, 0) is 66.8 Å². The lowest BCUT2D eigenvalue weighted by Gasteiger charge is -2.22. The molecule has 8 aromatic rings. The normalized spacial score (nSPS) is 12.8. The Bertz CT molecular complexity index is 2220. The van der Waals surface area contributed by atoms with E-state index in [0.717, 1.165) is 0 Å². The van der Waals surface area contributed by atoms with E-state index in [1.165, 1.54) is 66.8 Å². The fourth-order valence-corrected chi connectivity index (χ4v) is 7.86. The van der Waals surface area contributed by atoms with E-state index in [4.69, 9.17) is 0 Å². The summed E-state index contributed by atoms with van der Waals surface area (Å²) in [5.74, 6) is 0.426. The van der Waals surface area contributed by atoms with Gasteiger partial charge in [-0.3, -0.25) is 0 Å². The molecule has 54 heavy (non-hydrogen) atoms. The first-order valence-corrected chi connectivity index (χ1v) is 18.8. The molecule has 0 saturated carbocycles. The minimum absolute atomic E-state index is 0.117. The Hall–Kier alpha value is -6.76. The summed E-state index contributed by atoms with van der Waals surface area (Å²) in [7, 11) is 0. The summed E-state index contributed by atoms with van der Waals surface area (Å²) >= 11 is 0. The first kappa shape index (κ1) is 34.3. The summed E-state index contributed by atoms with van der Waals surface area (Å²) in [5, 5.41) is 0. The maximum absolute atomic E-state index is 2.27. The molecule has 8 aromatic carbocycles. The Kier molecular flexibility index (Phi) is 10.6. The largest absolute Gasteiger partial charge is 0.0622 e. The highest BCUT2D eigenvalue weighted by atomic mass is 14.4. The maximum atomic E-state index is 2.27. The van der Waals surface area contributed by atoms with E-state index in [1.807, 2.05) is 0 Å². The van der Waals surface area contributed by atoms with Gasteiger partial charge in [0.25, 0.3) is 0 Å². The van der Waals surface area contributed by atoms with Gasteiger partial charge >= 0.3 is 0 Å². The van der Waals surface area contributed by atoms with Gasteiger partial charge in [0, 0.05) is 11.8 Å². The van der Waals surface area contributed by atoms with Crippen molar-refractivity contribution >= 4 is 22.3 Å². The van der Waals surface area contributed by atoms with Crippen molar-refractivity contribution in [2.75, 3.05) is 0 Å². The highest BCUT2D eigenvalue weighted by Crippen LogP contribution is 2.58. The summed E-state index contributed by atoms with van der Waals surface area (Å²) < 4.78 is 0. The highest BCUT2D eigenvalue weighted by Gasteiger charge is 2.37. The van der Waals surface area contributed by atoms with Crippen LogP contribution in [0.25, 0.3) is 22.3 Å². The van der Waals surface area contributed by atoms with Crippen LogP contribution in [-0.4, -0.2) is 0 Å². The average Bonchev–Trinajstić information content (AvgIpc) is 3.63. The zero-order valence-electron chi connectivity index (χ0n) is 30.2. The van der Waals surface area contributed by atoms with E-state index < -0.39 is 0 Å². The molecule has 0 N–H and O–H groups in total. The number of allylic oxidation sites excluding steroid dienone is 4. The van der Waals surface area contributed by atoms with Crippen LogP contribution in [0.5, 0.6) is 0 Å². The molecule has 0 aliphatic heterocycles. The van der Waals surface area contributed by atoms with Crippen LogP contribution in [-0.2, 0) is 0 Å². The van der Waals surface area contributed by atoms with Crippen molar-refractivity contribution in [1.29, 1.82) is 0 Å². The second-order valence-electron chi connectivity index (χ2n) is 13.6. The van der Waals surface area contributed by atoms with E-state index in [1.54, 1.807) is 0 Å². The van der Waals surface area contributed by atoms with Crippen molar-refractivity contribution in [1.82, 2.24) is 0 Å². The standard InChI is InChI=1S/C35H26.C19H16/c1-6-16-26(17-7-1)31-32(27-18-8-2-9-19-27)34(29-22-12-4-13-23-29)35(30-24-14-5-15-25-30)33(31)28-20-10-3-11-21-28;1-4-10-16(11-5-1)19(17-12-6-2-7-13-17)18-14-8-3-9-15-18/h1-25,31H;1-15,19H. The lowest BCUT2D eigenvalue weighted by Crippen LogP contribution is -2.03. The summed E-state index contributed by atoms with van der Waals surface area (Å²) in [6.45, 7) is 0. The maximum Gasteiger partial charge on any atom is 0.0364 e. The Morgan fingerprint density at radius 1 is 0.241 bits per heavy atom. The molecule has 0 nitrogen and oxygen atoms in total. The molecular formula is C54H42. The topological polar surface area (TPSA) is 0 Å². The van der Waals surface area contributed by atoms with Crippen molar-refractivity contribution in [3.05, 3.63) is 287 Å². The van der Waals surface area contributed by atoms with Crippen molar-refractivity contribution in [2.24, 2.45) is 0 Å². The zero-order chi connectivity index (χ0) is 36.4. The van der Waals surface area contributed by atoms with Crippen LogP contribution in [0.15, 0.2) is 243 Å². The number of benzene rings is 8. The minimum Gasteiger partial charge on any atom is -0.0622 e. The molecule has 9 rings (SSSR count). The van der Waals surface area contributed by atoms with E-state index in [9.17, 15) is 0 Å². The van der Waals surface area contributed by atoms with Gasteiger partial charge in [-0.25, -0.2) is 0 Å². The van der Waals surface area contributed by atoms with Gasteiger partial charge in [0.2, 0.25) is 0 Å². The second kappa shape index (κ2) is 16.7. The molecule has 0 radical (unpaired) electrons. The molecule has 0 atom stereocenters. The summed E-state index contributed by atoms with van der Waals surface area (Å²) in [4.78, 5) is 0. The molecule has 0 unspecified atom stereocenters.